The molecule has 3 aromatic rings. The van der Waals surface area contributed by atoms with E-state index < -0.39 is 0 Å². The number of hydrogen-bond donors (Lipinski definition) is 0. The summed E-state index contributed by atoms with van der Waals surface area (Å²) in [5.41, 5.74) is 5.20. The summed E-state index contributed by atoms with van der Waals surface area (Å²) in [7, 11) is 6.42. The monoisotopic (exact) mass is 517 g/mol. The molecule has 1 amide bonds. The van der Waals surface area contributed by atoms with Crippen molar-refractivity contribution in [3.05, 3.63) is 82.4 Å². The molecule has 4 rings (SSSR count). The lowest BCUT2D eigenvalue weighted by atomic mass is 9.92. The highest BCUT2D eigenvalue weighted by Gasteiger charge is 2.32. The van der Waals surface area contributed by atoms with Crippen LogP contribution in [0, 0.1) is 13.8 Å². The predicted octanol–water partition coefficient (Wildman–Crippen LogP) is 5.56. The zero-order chi connectivity index (χ0) is 27.2. The molecule has 1 unspecified atom stereocenters. The van der Waals surface area contributed by atoms with Crippen LogP contribution in [-0.2, 0) is 11.2 Å². The topological polar surface area (TPSA) is 66.5 Å². The van der Waals surface area contributed by atoms with Gasteiger partial charge in [0, 0.05) is 12.6 Å². The number of ether oxygens (including phenoxy) is 5. The van der Waals surface area contributed by atoms with Crippen LogP contribution >= 0.6 is 0 Å². The Bertz CT molecular complexity index is 1310. The fourth-order valence-corrected chi connectivity index (χ4v) is 4.88. The zero-order valence-electron chi connectivity index (χ0n) is 22.9. The van der Waals surface area contributed by atoms with Crippen LogP contribution in [0.1, 0.15) is 33.9 Å². The van der Waals surface area contributed by atoms with Crippen molar-refractivity contribution in [3.63, 3.8) is 0 Å². The number of nitrogens with zero attached hydrogens (tertiary/aromatic N) is 1. The van der Waals surface area contributed by atoms with Crippen LogP contribution in [-0.4, -0.2) is 52.4 Å². The number of methoxy groups -OCH3 is 4. The molecular formula is C31H35NO6. The van der Waals surface area contributed by atoms with Gasteiger partial charge in [0.1, 0.15) is 12.4 Å². The molecule has 7 nitrogen and oxygen atoms in total. The fourth-order valence-electron chi connectivity index (χ4n) is 4.88. The second kappa shape index (κ2) is 11.9. The molecule has 1 atom stereocenters. The van der Waals surface area contributed by atoms with Crippen molar-refractivity contribution in [1.29, 1.82) is 0 Å². The van der Waals surface area contributed by atoms with Crippen LogP contribution in [0.2, 0.25) is 0 Å². The molecule has 0 saturated carbocycles. The molecule has 3 aromatic carbocycles. The van der Waals surface area contributed by atoms with Crippen LogP contribution in [0.5, 0.6) is 28.7 Å². The number of aryl methyl sites for hydroxylation is 2. The van der Waals surface area contributed by atoms with E-state index in [2.05, 4.69) is 6.07 Å². The van der Waals surface area contributed by atoms with E-state index in [9.17, 15) is 4.79 Å². The molecular weight excluding hydrogens is 482 g/mol. The van der Waals surface area contributed by atoms with Gasteiger partial charge in [0.05, 0.1) is 34.5 Å². The van der Waals surface area contributed by atoms with Crippen LogP contribution in [0.4, 0.5) is 0 Å². The molecule has 1 aliphatic rings. The lowest BCUT2D eigenvalue weighted by Gasteiger charge is -2.37. The normalized spacial score (nSPS) is 14.7. The molecule has 0 fully saturated rings. The van der Waals surface area contributed by atoms with Gasteiger partial charge >= 0.3 is 0 Å². The van der Waals surface area contributed by atoms with Gasteiger partial charge in [0.25, 0.3) is 0 Å². The van der Waals surface area contributed by atoms with Crippen molar-refractivity contribution < 1.29 is 28.5 Å². The quantitative estimate of drug-likeness (QED) is 0.347. The number of carbonyl (C=O) groups is 1. The SMILES string of the molecule is COc1ccc(/C=C/C(=O)N2CCc3cc(OC)c(OC)cc3C2COc2cc(C)cc(C)c2)cc1OC. The van der Waals surface area contributed by atoms with Gasteiger partial charge in [-0.05, 0) is 90.6 Å². The van der Waals surface area contributed by atoms with E-state index in [1.54, 1.807) is 40.6 Å². The average Bonchev–Trinajstić information content (AvgIpc) is 2.92. The highest BCUT2D eigenvalue weighted by molar-refractivity contribution is 5.92. The van der Waals surface area contributed by atoms with Gasteiger partial charge in [0.2, 0.25) is 5.91 Å². The van der Waals surface area contributed by atoms with Crippen LogP contribution in [0.3, 0.4) is 0 Å². The van der Waals surface area contributed by atoms with Gasteiger partial charge in [-0.3, -0.25) is 4.79 Å². The largest absolute Gasteiger partial charge is 0.493 e. The zero-order valence-corrected chi connectivity index (χ0v) is 22.9. The number of fused-ring (bicyclic) bond motifs is 1. The summed E-state index contributed by atoms with van der Waals surface area (Å²) in [5, 5.41) is 0. The Morgan fingerprint density at radius 1 is 0.842 bits per heavy atom. The predicted molar refractivity (Wildman–Crippen MR) is 148 cm³/mol. The Morgan fingerprint density at radius 3 is 2.13 bits per heavy atom. The first-order valence-electron chi connectivity index (χ1n) is 12.5. The fraction of sp³-hybridized carbons (Fsp3) is 0.323. The van der Waals surface area contributed by atoms with Crippen molar-refractivity contribution in [2.24, 2.45) is 0 Å². The third-order valence-electron chi connectivity index (χ3n) is 6.71. The Morgan fingerprint density at radius 2 is 1.47 bits per heavy atom. The summed E-state index contributed by atoms with van der Waals surface area (Å²) in [5.74, 6) is 3.22. The highest BCUT2D eigenvalue weighted by Crippen LogP contribution is 2.39. The maximum Gasteiger partial charge on any atom is 0.247 e. The molecule has 38 heavy (non-hydrogen) atoms. The smallest absolute Gasteiger partial charge is 0.247 e. The van der Waals surface area contributed by atoms with Crippen molar-refractivity contribution in [2.45, 2.75) is 26.3 Å². The Balaban J connectivity index is 1.64. The van der Waals surface area contributed by atoms with Gasteiger partial charge in [-0.1, -0.05) is 12.1 Å². The van der Waals surface area contributed by atoms with Crippen molar-refractivity contribution in [2.75, 3.05) is 41.6 Å². The lowest BCUT2D eigenvalue weighted by Crippen LogP contribution is -2.41. The summed E-state index contributed by atoms with van der Waals surface area (Å²) < 4.78 is 28.1. The van der Waals surface area contributed by atoms with E-state index in [0.29, 0.717) is 42.6 Å². The molecule has 0 bridgehead atoms. The third kappa shape index (κ3) is 5.88. The summed E-state index contributed by atoms with van der Waals surface area (Å²) in [4.78, 5) is 15.4. The molecule has 200 valence electrons. The van der Waals surface area contributed by atoms with Crippen molar-refractivity contribution >= 4 is 12.0 Å². The summed E-state index contributed by atoms with van der Waals surface area (Å²) >= 11 is 0. The second-order valence-electron chi connectivity index (χ2n) is 9.29. The van der Waals surface area contributed by atoms with Gasteiger partial charge in [-0.25, -0.2) is 0 Å². The van der Waals surface area contributed by atoms with E-state index in [4.69, 9.17) is 23.7 Å². The van der Waals surface area contributed by atoms with Gasteiger partial charge in [-0.15, -0.1) is 0 Å². The summed E-state index contributed by atoms with van der Waals surface area (Å²) in [6.45, 7) is 4.95. The third-order valence-corrected chi connectivity index (χ3v) is 6.71. The number of carbonyl (C=O) groups excluding carboxylic acids is 1. The van der Waals surface area contributed by atoms with E-state index in [0.717, 1.165) is 33.6 Å². The van der Waals surface area contributed by atoms with Crippen molar-refractivity contribution in [1.82, 2.24) is 4.90 Å². The van der Waals surface area contributed by atoms with E-state index in [1.807, 2.05) is 61.2 Å². The molecule has 1 heterocycles. The van der Waals surface area contributed by atoms with E-state index in [1.165, 1.54) is 0 Å². The number of benzene rings is 3. The first-order valence-corrected chi connectivity index (χ1v) is 12.5. The summed E-state index contributed by atoms with van der Waals surface area (Å²) in [6, 6.07) is 15.3. The van der Waals surface area contributed by atoms with Crippen LogP contribution in [0.25, 0.3) is 6.08 Å². The minimum absolute atomic E-state index is 0.103. The first-order chi connectivity index (χ1) is 18.4. The molecule has 0 spiro atoms. The minimum Gasteiger partial charge on any atom is -0.493 e. The molecule has 0 aromatic heterocycles. The second-order valence-corrected chi connectivity index (χ2v) is 9.29. The maximum absolute atomic E-state index is 13.5. The number of hydrogen-bond acceptors (Lipinski definition) is 6. The maximum atomic E-state index is 13.5. The molecule has 0 aliphatic carbocycles. The average molecular weight is 518 g/mol. The van der Waals surface area contributed by atoms with Crippen molar-refractivity contribution in [3.8, 4) is 28.7 Å². The molecule has 1 aliphatic heterocycles. The highest BCUT2D eigenvalue weighted by atomic mass is 16.5. The summed E-state index contributed by atoms with van der Waals surface area (Å²) in [6.07, 6.45) is 4.08. The number of amides is 1. The lowest BCUT2D eigenvalue weighted by molar-refractivity contribution is -0.129. The molecule has 7 heteroatoms. The number of rotatable bonds is 9. The Kier molecular flexibility index (Phi) is 8.46. The first kappa shape index (κ1) is 26.9. The minimum atomic E-state index is -0.304. The Labute approximate surface area is 224 Å². The van der Waals surface area contributed by atoms with Crippen LogP contribution < -0.4 is 23.7 Å². The van der Waals surface area contributed by atoms with Gasteiger partial charge in [0.15, 0.2) is 23.0 Å². The van der Waals surface area contributed by atoms with Crippen LogP contribution in [0.15, 0.2) is 54.6 Å². The molecule has 0 N–H and O–H groups in total. The molecule has 0 radical (unpaired) electrons. The van der Waals surface area contributed by atoms with E-state index in [-0.39, 0.29) is 11.9 Å². The van der Waals surface area contributed by atoms with E-state index >= 15 is 0 Å². The van der Waals surface area contributed by atoms with Gasteiger partial charge in [-0.2, -0.15) is 0 Å². The van der Waals surface area contributed by atoms with Gasteiger partial charge < -0.3 is 28.6 Å². The molecule has 0 saturated heterocycles. The standard InChI is InChI=1S/C31H35NO6/c1-20-13-21(2)15-24(14-20)38-19-26-25-18-30(37-6)29(36-5)17-23(25)11-12-32(26)31(33)10-8-22-7-9-27(34-3)28(16-22)35-4/h7-10,13-18,26H,11-12,19H2,1-6H3/b10-8+. The Hall–Kier alpha value is -4.13.